The Hall–Kier alpha value is -1.13. The number of guanidine groups is 1. The summed E-state index contributed by atoms with van der Waals surface area (Å²) in [5, 5.41) is 7.04. The number of aliphatic imine (C=N–C) groups is 1. The van der Waals surface area contributed by atoms with Gasteiger partial charge in [0.2, 0.25) is 0 Å². The van der Waals surface area contributed by atoms with Gasteiger partial charge in [-0.05, 0) is 56.2 Å². The molecule has 0 bridgehead atoms. The molecule has 1 aromatic rings. The van der Waals surface area contributed by atoms with E-state index >= 15 is 0 Å². The van der Waals surface area contributed by atoms with Crippen LogP contribution in [-0.4, -0.2) is 63.6 Å². The van der Waals surface area contributed by atoms with Gasteiger partial charge in [-0.25, -0.2) is 4.98 Å². The third-order valence-electron chi connectivity index (χ3n) is 6.33. The lowest BCUT2D eigenvalue weighted by Crippen LogP contribution is -2.43. The summed E-state index contributed by atoms with van der Waals surface area (Å²) in [6.07, 6.45) is 8.45. The van der Waals surface area contributed by atoms with Crippen LogP contribution in [0.25, 0.3) is 0 Å². The zero-order valence-electron chi connectivity index (χ0n) is 19.4. The van der Waals surface area contributed by atoms with Crippen LogP contribution in [0.3, 0.4) is 0 Å². The minimum absolute atomic E-state index is 0. The number of ether oxygens (including phenoxy) is 2. The summed E-state index contributed by atoms with van der Waals surface area (Å²) >= 11 is 0. The van der Waals surface area contributed by atoms with Gasteiger partial charge in [0.1, 0.15) is 5.82 Å². The number of halogens is 1. The second kappa shape index (κ2) is 13.4. The average molecular weight is 546 g/mol. The molecule has 0 aromatic carbocycles. The predicted octanol–water partition coefficient (Wildman–Crippen LogP) is 3.58. The monoisotopic (exact) mass is 545 g/mol. The Morgan fingerprint density at radius 3 is 2.87 bits per heavy atom. The van der Waals surface area contributed by atoms with Crippen LogP contribution in [0.4, 0.5) is 5.82 Å². The van der Waals surface area contributed by atoms with Crippen molar-refractivity contribution < 1.29 is 9.47 Å². The first kappa shape index (κ1) is 26.1. The highest BCUT2D eigenvalue weighted by molar-refractivity contribution is 14.0. The van der Waals surface area contributed by atoms with Gasteiger partial charge in [0, 0.05) is 52.6 Å². The van der Waals surface area contributed by atoms with Gasteiger partial charge in [0.05, 0.1) is 12.7 Å². The quantitative estimate of drug-likeness (QED) is 0.214. The number of rotatable bonds is 9. The van der Waals surface area contributed by atoms with E-state index in [-0.39, 0.29) is 30.1 Å². The molecule has 2 heterocycles. The highest BCUT2D eigenvalue weighted by Crippen LogP contribution is 2.40. The van der Waals surface area contributed by atoms with Crippen LogP contribution >= 0.6 is 24.0 Å². The zero-order valence-corrected chi connectivity index (χ0v) is 21.7. The molecule has 2 N–H and O–H groups in total. The topological polar surface area (TPSA) is 71.0 Å². The van der Waals surface area contributed by atoms with E-state index in [0.29, 0.717) is 5.41 Å². The van der Waals surface area contributed by atoms with E-state index in [1.54, 1.807) is 0 Å². The van der Waals surface area contributed by atoms with Gasteiger partial charge < -0.3 is 25.0 Å². The molecule has 31 heavy (non-hydrogen) atoms. The van der Waals surface area contributed by atoms with Crippen LogP contribution < -0.4 is 15.5 Å². The zero-order chi connectivity index (χ0) is 21.2. The summed E-state index contributed by atoms with van der Waals surface area (Å²) in [5.74, 6) is 1.88. The van der Waals surface area contributed by atoms with Crippen LogP contribution in [0.1, 0.15) is 51.5 Å². The molecule has 7 nitrogen and oxygen atoms in total. The molecule has 1 atom stereocenters. The fraction of sp³-hybridized carbons (Fsp3) is 0.739. The van der Waals surface area contributed by atoms with Gasteiger partial charge >= 0.3 is 0 Å². The molecule has 2 fully saturated rings. The lowest BCUT2D eigenvalue weighted by atomic mass is 9.83. The van der Waals surface area contributed by atoms with Crippen molar-refractivity contribution in [3.63, 3.8) is 0 Å². The normalized spacial score (nSPS) is 20.9. The van der Waals surface area contributed by atoms with E-state index in [2.05, 4.69) is 51.5 Å². The number of pyridine rings is 1. The van der Waals surface area contributed by atoms with E-state index in [0.717, 1.165) is 64.2 Å². The molecule has 1 aliphatic heterocycles. The second-order valence-electron chi connectivity index (χ2n) is 8.58. The summed E-state index contributed by atoms with van der Waals surface area (Å²) in [7, 11) is 1.84. The van der Waals surface area contributed by atoms with E-state index in [4.69, 9.17) is 9.47 Å². The summed E-state index contributed by atoms with van der Waals surface area (Å²) < 4.78 is 11.3. The molecular formula is C23H40IN5O2. The number of aromatic nitrogens is 1. The molecular weight excluding hydrogens is 505 g/mol. The molecule has 8 heteroatoms. The fourth-order valence-electron chi connectivity index (χ4n) is 4.52. The van der Waals surface area contributed by atoms with Crippen LogP contribution in [0, 0.1) is 5.41 Å². The van der Waals surface area contributed by atoms with Gasteiger partial charge in [0.25, 0.3) is 0 Å². The molecule has 1 saturated carbocycles. The minimum Gasteiger partial charge on any atom is -0.382 e. The minimum atomic E-state index is 0. The molecule has 0 radical (unpaired) electrons. The maximum Gasteiger partial charge on any atom is 0.191 e. The standard InChI is InChI=1S/C23H39N5O2.HI/c1-4-29-13-10-23(8-5-6-9-23)18-27-22(24-3)26-16-20-7-11-25-21(15-20)28-12-14-30-19(2)17-28;/h7,11,15,19H,4-6,8-10,12-14,16-18H2,1-3H3,(H2,24,26,27);1H. The van der Waals surface area contributed by atoms with Crippen molar-refractivity contribution in [2.24, 2.45) is 10.4 Å². The van der Waals surface area contributed by atoms with E-state index in [1.165, 1.54) is 31.2 Å². The Bertz CT molecular complexity index is 682. The van der Waals surface area contributed by atoms with Crippen LogP contribution in [0.2, 0.25) is 0 Å². The number of nitrogens with one attached hydrogen (secondary N) is 2. The molecule has 1 aliphatic carbocycles. The van der Waals surface area contributed by atoms with Gasteiger partial charge in [-0.2, -0.15) is 0 Å². The van der Waals surface area contributed by atoms with Crippen LogP contribution in [0.15, 0.2) is 23.3 Å². The molecule has 2 aliphatic rings. The Morgan fingerprint density at radius 1 is 1.35 bits per heavy atom. The first-order valence-electron chi connectivity index (χ1n) is 11.5. The van der Waals surface area contributed by atoms with Crippen molar-refractivity contribution in [2.45, 2.75) is 58.6 Å². The van der Waals surface area contributed by atoms with Crippen molar-refractivity contribution in [3.8, 4) is 0 Å². The van der Waals surface area contributed by atoms with E-state index < -0.39 is 0 Å². The molecule has 1 saturated heterocycles. The number of morpholine rings is 1. The first-order chi connectivity index (χ1) is 14.6. The Kier molecular flexibility index (Phi) is 11.3. The number of anilines is 1. The lowest BCUT2D eigenvalue weighted by molar-refractivity contribution is 0.0529. The van der Waals surface area contributed by atoms with Crippen molar-refractivity contribution in [1.82, 2.24) is 15.6 Å². The second-order valence-corrected chi connectivity index (χ2v) is 8.58. The Morgan fingerprint density at radius 2 is 2.16 bits per heavy atom. The van der Waals surface area contributed by atoms with Crippen molar-refractivity contribution in [3.05, 3.63) is 23.9 Å². The number of hydrogen-bond donors (Lipinski definition) is 2. The highest BCUT2D eigenvalue weighted by Gasteiger charge is 2.33. The van der Waals surface area contributed by atoms with Crippen LogP contribution in [-0.2, 0) is 16.0 Å². The molecule has 1 unspecified atom stereocenters. The average Bonchev–Trinajstić information content (AvgIpc) is 3.23. The molecule has 0 spiro atoms. The lowest BCUT2D eigenvalue weighted by Gasteiger charge is -2.32. The van der Waals surface area contributed by atoms with Gasteiger partial charge in [-0.15, -0.1) is 24.0 Å². The fourth-order valence-corrected chi connectivity index (χ4v) is 4.52. The highest BCUT2D eigenvalue weighted by atomic mass is 127. The Labute approximate surface area is 204 Å². The van der Waals surface area contributed by atoms with Crippen molar-refractivity contribution in [2.75, 3.05) is 51.4 Å². The number of nitrogens with zero attached hydrogens (tertiary/aromatic N) is 3. The van der Waals surface area contributed by atoms with Crippen molar-refractivity contribution >= 4 is 35.8 Å². The summed E-state index contributed by atoms with van der Waals surface area (Å²) in [4.78, 5) is 11.3. The van der Waals surface area contributed by atoms with Gasteiger partial charge in [-0.3, -0.25) is 4.99 Å². The predicted molar refractivity (Wildman–Crippen MR) is 137 cm³/mol. The maximum atomic E-state index is 5.65. The first-order valence-corrected chi connectivity index (χ1v) is 11.5. The smallest absolute Gasteiger partial charge is 0.191 e. The summed E-state index contributed by atoms with van der Waals surface area (Å²) in [5.41, 5.74) is 1.54. The molecule has 0 amide bonds. The van der Waals surface area contributed by atoms with Crippen molar-refractivity contribution in [1.29, 1.82) is 0 Å². The Balaban J connectivity index is 0.00000341. The van der Waals surface area contributed by atoms with Crippen LogP contribution in [0.5, 0.6) is 0 Å². The third kappa shape index (κ3) is 8.05. The summed E-state index contributed by atoms with van der Waals surface area (Å²) in [6.45, 7) is 10.0. The third-order valence-corrected chi connectivity index (χ3v) is 6.33. The number of hydrogen-bond acceptors (Lipinski definition) is 5. The SMILES string of the molecule is CCOCCC1(CNC(=NC)NCc2ccnc(N3CCOC(C)C3)c2)CCCC1.I. The van der Waals surface area contributed by atoms with Gasteiger partial charge in [0.15, 0.2) is 5.96 Å². The molecule has 176 valence electrons. The van der Waals surface area contributed by atoms with Gasteiger partial charge in [-0.1, -0.05) is 12.8 Å². The largest absolute Gasteiger partial charge is 0.382 e. The molecule has 3 rings (SSSR count). The van der Waals surface area contributed by atoms with E-state index in [9.17, 15) is 0 Å². The summed E-state index contributed by atoms with van der Waals surface area (Å²) in [6, 6.07) is 4.23. The maximum absolute atomic E-state index is 5.65. The van der Waals surface area contributed by atoms with E-state index in [1.807, 2.05) is 13.2 Å². The molecule has 1 aromatic heterocycles.